The van der Waals surface area contributed by atoms with Gasteiger partial charge in [-0.05, 0) is 39.7 Å². The van der Waals surface area contributed by atoms with Gasteiger partial charge < -0.3 is 9.72 Å². The number of rotatable bonds is 2. The first-order valence-electron chi connectivity index (χ1n) is 5.24. The molecular formula is C12H9BrN2O2. The lowest BCUT2D eigenvalue weighted by atomic mass is 10.1. The van der Waals surface area contributed by atoms with Crippen LogP contribution < -0.4 is 4.74 Å². The number of H-pyrrole nitrogens is 1. The molecular weight excluding hydrogens is 284 g/mol. The first-order valence-corrected chi connectivity index (χ1v) is 6.04. The molecule has 0 aliphatic carbocycles. The zero-order valence-corrected chi connectivity index (χ0v) is 10.5. The number of benzene rings is 1. The van der Waals surface area contributed by atoms with Crippen molar-refractivity contribution in [2.24, 2.45) is 0 Å². The Labute approximate surface area is 106 Å². The highest BCUT2D eigenvalue weighted by Crippen LogP contribution is 2.32. The molecule has 1 aliphatic rings. The van der Waals surface area contributed by atoms with E-state index in [0.717, 1.165) is 34.6 Å². The molecule has 0 unspecified atom stereocenters. The molecule has 0 amide bonds. The van der Waals surface area contributed by atoms with Crippen LogP contribution in [0.4, 0.5) is 0 Å². The van der Waals surface area contributed by atoms with E-state index in [1.165, 1.54) is 5.56 Å². The predicted molar refractivity (Wildman–Crippen MR) is 66.3 cm³/mol. The van der Waals surface area contributed by atoms with E-state index in [0.29, 0.717) is 12.1 Å². The van der Waals surface area contributed by atoms with Crippen molar-refractivity contribution in [3.8, 4) is 17.0 Å². The third-order valence-electron chi connectivity index (χ3n) is 2.75. The summed E-state index contributed by atoms with van der Waals surface area (Å²) in [7, 11) is 0. The third kappa shape index (κ3) is 1.76. The van der Waals surface area contributed by atoms with Crippen molar-refractivity contribution >= 4 is 22.2 Å². The van der Waals surface area contributed by atoms with E-state index >= 15 is 0 Å². The second kappa shape index (κ2) is 4.00. The Morgan fingerprint density at radius 1 is 1.47 bits per heavy atom. The minimum atomic E-state index is 0.323. The molecule has 0 saturated carbocycles. The van der Waals surface area contributed by atoms with Crippen LogP contribution in [-0.4, -0.2) is 22.9 Å². The zero-order chi connectivity index (χ0) is 11.8. The number of aromatic nitrogens is 2. The zero-order valence-electron chi connectivity index (χ0n) is 8.87. The van der Waals surface area contributed by atoms with Crippen LogP contribution in [0.25, 0.3) is 11.3 Å². The van der Waals surface area contributed by atoms with Crippen molar-refractivity contribution in [3.63, 3.8) is 0 Å². The van der Waals surface area contributed by atoms with Crippen molar-refractivity contribution in [1.82, 2.24) is 9.97 Å². The molecule has 0 bridgehead atoms. The van der Waals surface area contributed by atoms with E-state index < -0.39 is 0 Å². The topological polar surface area (TPSA) is 55.0 Å². The molecule has 17 heavy (non-hydrogen) atoms. The number of nitrogens with zero attached hydrogens (tertiary/aromatic N) is 1. The van der Waals surface area contributed by atoms with Gasteiger partial charge in [-0.2, -0.15) is 0 Å². The van der Waals surface area contributed by atoms with Crippen LogP contribution in [0.15, 0.2) is 22.8 Å². The largest absolute Gasteiger partial charge is 0.493 e. The standard InChI is InChI=1S/C12H9BrN2O2/c13-12-11(14-10(6-16)15-12)8-1-2-9-7(5-8)3-4-17-9/h1-2,5-6H,3-4H2,(H,14,15). The van der Waals surface area contributed by atoms with E-state index in [1.54, 1.807) is 0 Å². The summed E-state index contributed by atoms with van der Waals surface area (Å²) in [6.45, 7) is 0.736. The smallest absolute Gasteiger partial charge is 0.185 e. The molecule has 0 spiro atoms. The molecule has 2 aromatic rings. The quantitative estimate of drug-likeness (QED) is 0.866. The third-order valence-corrected chi connectivity index (χ3v) is 3.33. The van der Waals surface area contributed by atoms with Crippen molar-refractivity contribution in [1.29, 1.82) is 0 Å². The lowest BCUT2D eigenvalue weighted by molar-refractivity contribution is 0.111. The minimum Gasteiger partial charge on any atom is -0.493 e. The molecule has 5 heteroatoms. The van der Waals surface area contributed by atoms with Gasteiger partial charge >= 0.3 is 0 Å². The van der Waals surface area contributed by atoms with E-state index in [1.807, 2.05) is 12.1 Å². The van der Waals surface area contributed by atoms with Gasteiger partial charge in [-0.1, -0.05) is 0 Å². The van der Waals surface area contributed by atoms with Crippen LogP contribution in [-0.2, 0) is 6.42 Å². The number of ether oxygens (including phenoxy) is 1. The number of imidazole rings is 1. The summed E-state index contributed by atoms with van der Waals surface area (Å²) in [6, 6.07) is 5.94. The number of aromatic amines is 1. The molecule has 1 aliphatic heterocycles. The van der Waals surface area contributed by atoms with Gasteiger partial charge in [0.1, 0.15) is 16.0 Å². The van der Waals surface area contributed by atoms with E-state index in [9.17, 15) is 4.79 Å². The molecule has 0 fully saturated rings. The van der Waals surface area contributed by atoms with Crippen molar-refractivity contribution < 1.29 is 9.53 Å². The Kier molecular flexibility index (Phi) is 2.48. The Morgan fingerprint density at radius 3 is 3.12 bits per heavy atom. The molecule has 4 nitrogen and oxygen atoms in total. The SMILES string of the molecule is O=Cc1nc(-c2ccc3c(c2)CCO3)c(Br)[nH]1. The van der Waals surface area contributed by atoms with Crippen LogP contribution in [0.3, 0.4) is 0 Å². The Morgan fingerprint density at radius 2 is 2.35 bits per heavy atom. The van der Waals surface area contributed by atoms with Crippen LogP contribution in [0, 0.1) is 0 Å². The fourth-order valence-electron chi connectivity index (χ4n) is 1.95. The molecule has 1 aromatic heterocycles. The average molecular weight is 293 g/mol. The van der Waals surface area contributed by atoms with Gasteiger partial charge in [0.25, 0.3) is 0 Å². The molecule has 1 aromatic carbocycles. The second-order valence-electron chi connectivity index (χ2n) is 3.82. The van der Waals surface area contributed by atoms with Crippen LogP contribution in [0.5, 0.6) is 5.75 Å². The number of hydrogen-bond donors (Lipinski definition) is 1. The summed E-state index contributed by atoms with van der Waals surface area (Å²) in [6.07, 6.45) is 1.62. The highest BCUT2D eigenvalue weighted by atomic mass is 79.9. The Hall–Kier alpha value is -1.62. The van der Waals surface area contributed by atoms with Gasteiger partial charge in [0, 0.05) is 12.0 Å². The summed E-state index contributed by atoms with van der Waals surface area (Å²) >= 11 is 3.37. The van der Waals surface area contributed by atoms with Gasteiger partial charge in [0.15, 0.2) is 12.1 Å². The van der Waals surface area contributed by atoms with E-state index in [-0.39, 0.29) is 0 Å². The molecule has 3 rings (SSSR count). The van der Waals surface area contributed by atoms with Gasteiger partial charge in [0.05, 0.1) is 6.61 Å². The van der Waals surface area contributed by atoms with Gasteiger partial charge in [-0.15, -0.1) is 0 Å². The van der Waals surface area contributed by atoms with Crippen LogP contribution >= 0.6 is 15.9 Å². The maximum atomic E-state index is 10.7. The molecule has 1 N–H and O–H groups in total. The molecule has 0 atom stereocenters. The Balaban J connectivity index is 2.08. The van der Waals surface area contributed by atoms with Crippen molar-refractivity contribution in [3.05, 3.63) is 34.2 Å². The number of aldehydes is 1. The highest BCUT2D eigenvalue weighted by molar-refractivity contribution is 9.10. The lowest BCUT2D eigenvalue weighted by Gasteiger charge is -2.01. The first kappa shape index (κ1) is 10.5. The summed E-state index contributed by atoms with van der Waals surface area (Å²) in [5.74, 6) is 1.26. The molecule has 2 heterocycles. The van der Waals surface area contributed by atoms with Gasteiger partial charge in [-0.25, -0.2) is 4.98 Å². The fraction of sp³-hybridized carbons (Fsp3) is 0.167. The van der Waals surface area contributed by atoms with Crippen molar-refractivity contribution in [2.75, 3.05) is 6.61 Å². The van der Waals surface area contributed by atoms with Crippen molar-refractivity contribution in [2.45, 2.75) is 6.42 Å². The minimum absolute atomic E-state index is 0.323. The lowest BCUT2D eigenvalue weighted by Crippen LogP contribution is -1.85. The molecule has 0 radical (unpaired) electrons. The highest BCUT2D eigenvalue weighted by Gasteiger charge is 2.15. The Bertz CT molecular complexity index is 592. The number of carbonyl (C=O) groups is 1. The monoisotopic (exact) mass is 292 g/mol. The summed E-state index contributed by atoms with van der Waals surface area (Å²) in [5.41, 5.74) is 2.91. The maximum Gasteiger partial charge on any atom is 0.185 e. The number of hydrogen-bond acceptors (Lipinski definition) is 3. The average Bonchev–Trinajstić information content (AvgIpc) is 2.93. The molecule has 86 valence electrons. The summed E-state index contributed by atoms with van der Waals surface area (Å²) in [5, 5.41) is 0. The summed E-state index contributed by atoms with van der Waals surface area (Å²) < 4.78 is 6.17. The fourth-order valence-corrected chi connectivity index (χ4v) is 2.47. The number of carbonyl (C=O) groups excluding carboxylic acids is 1. The number of fused-ring (bicyclic) bond motifs is 1. The first-order chi connectivity index (χ1) is 8.28. The predicted octanol–water partition coefficient (Wildman–Crippen LogP) is 2.59. The normalized spacial score (nSPS) is 13.2. The maximum absolute atomic E-state index is 10.7. The summed E-state index contributed by atoms with van der Waals surface area (Å²) in [4.78, 5) is 17.7. The van der Waals surface area contributed by atoms with Gasteiger partial charge in [-0.3, -0.25) is 4.79 Å². The molecule has 0 saturated heterocycles. The van der Waals surface area contributed by atoms with E-state index in [4.69, 9.17) is 4.74 Å². The van der Waals surface area contributed by atoms with E-state index in [2.05, 4.69) is 32.0 Å². The number of halogens is 1. The number of nitrogens with one attached hydrogen (secondary N) is 1. The second-order valence-corrected chi connectivity index (χ2v) is 4.62. The van der Waals surface area contributed by atoms with Gasteiger partial charge in [0.2, 0.25) is 0 Å². The van der Waals surface area contributed by atoms with Crippen LogP contribution in [0.1, 0.15) is 16.2 Å². The van der Waals surface area contributed by atoms with Crippen LogP contribution in [0.2, 0.25) is 0 Å².